The number of fused-ring (bicyclic) bond motifs is 5. The largest absolute Gasteiger partial charge is 1.00 e. The van der Waals surface area contributed by atoms with E-state index in [9.17, 15) is 24.9 Å². The number of aliphatic hydroxyl groups is 2. The molecular formula is C26H42NNaO5. The molecule has 1 amide bonds. The second-order valence-electron chi connectivity index (χ2n) is 12.1. The standard InChI is InChI=1S/C26H43NO5.Na/c1-15(4-9-23(30)27-14-24(31)32)19-7-8-20-18-6-5-16-12-17(28)10-11-25(16,2)21(18)13-22(29)26(19,20)3;/h15-22,28-29H,4-14H2,1-3H3,(H,27,30)(H,31,32);/q;+1/p-1/t15-,16+,17-,18+,19-,20+,21+,22+,25+,26-;/m1./s1. The smallest absolute Gasteiger partial charge is 0.548 e. The maximum absolute atomic E-state index is 12.0. The van der Waals surface area contributed by atoms with Crippen molar-refractivity contribution in [1.82, 2.24) is 5.32 Å². The molecule has 0 aliphatic heterocycles. The maximum Gasteiger partial charge on any atom is 1.00 e. The molecule has 4 aliphatic carbocycles. The second kappa shape index (κ2) is 10.5. The number of amides is 1. The van der Waals surface area contributed by atoms with Gasteiger partial charge in [0.2, 0.25) is 5.91 Å². The van der Waals surface area contributed by atoms with Gasteiger partial charge in [-0.3, -0.25) is 4.79 Å². The fraction of sp³-hybridized carbons (Fsp3) is 0.923. The van der Waals surface area contributed by atoms with Crippen molar-refractivity contribution in [2.75, 3.05) is 6.54 Å². The van der Waals surface area contributed by atoms with Crippen molar-refractivity contribution in [2.24, 2.45) is 46.3 Å². The van der Waals surface area contributed by atoms with Crippen LogP contribution in [-0.4, -0.2) is 40.8 Å². The van der Waals surface area contributed by atoms with Crippen molar-refractivity contribution in [3.8, 4) is 0 Å². The summed E-state index contributed by atoms with van der Waals surface area (Å²) < 4.78 is 0. The molecule has 0 heterocycles. The fourth-order valence-corrected chi connectivity index (χ4v) is 8.98. The summed E-state index contributed by atoms with van der Waals surface area (Å²) in [5.74, 6) is 1.50. The summed E-state index contributed by atoms with van der Waals surface area (Å²) in [6.07, 6.45) is 9.01. The molecule has 0 spiro atoms. The van der Waals surface area contributed by atoms with Crippen molar-refractivity contribution in [3.63, 3.8) is 0 Å². The minimum atomic E-state index is -1.27. The summed E-state index contributed by atoms with van der Waals surface area (Å²) in [6, 6.07) is 0. The Balaban J connectivity index is 0.00000306. The van der Waals surface area contributed by atoms with E-state index in [1.54, 1.807) is 0 Å². The van der Waals surface area contributed by atoms with E-state index < -0.39 is 12.5 Å². The van der Waals surface area contributed by atoms with Crippen molar-refractivity contribution >= 4 is 11.9 Å². The third kappa shape index (κ3) is 4.94. The van der Waals surface area contributed by atoms with Gasteiger partial charge in [-0.25, -0.2) is 0 Å². The van der Waals surface area contributed by atoms with Crippen molar-refractivity contribution in [1.29, 1.82) is 0 Å². The van der Waals surface area contributed by atoms with Crippen LogP contribution in [0.15, 0.2) is 0 Å². The van der Waals surface area contributed by atoms with Crippen LogP contribution in [0.1, 0.15) is 85.0 Å². The Morgan fingerprint density at radius 1 is 1.06 bits per heavy atom. The first-order chi connectivity index (χ1) is 15.1. The number of aliphatic hydroxyl groups excluding tert-OH is 2. The molecule has 33 heavy (non-hydrogen) atoms. The van der Waals surface area contributed by atoms with E-state index in [4.69, 9.17) is 0 Å². The van der Waals surface area contributed by atoms with Crippen LogP contribution in [0.2, 0.25) is 0 Å². The molecule has 4 saturated carbocycles. The van der Waals surface area contributed by atoms with Crippen LogP contribution < -0.4 is 40.0 Å². The molecule has 0 aromatic heterocycles. The summed E-state index contributed by atoms with van der Waals surface area (Å²) >= 11 is 0. The monoisotopic (exact) mass is 471 g/mol. The Hall–Kier alpha value is -0.140. The van der Waals surface area contributed by atoms with Crippen LogP contribution in [0, 0.1) is 46.3 Å². The van der Waals surface area contributed by atoms with Crippen molar-refractivity contribution in [2.45, 2.75) is 97.2 Å². The van der Waals surface area contributed by atoms with Gasteiger partial charge in [0.25, 0.3) is 0 Å². The zero-order valence-corrected chi connectivity index (χ0v) is 23.0. The number of carbonyl (C=O) groups is 2. The quantitative estimate of drug-likeness (QED) is 0.442. The van der Waals surface area contributed by atoms with E-state index in [1.165, 1.54) is 12.8 Å². The Morgan fingerprint density at radius 2 is 1.79 bits per heavy atom. The van der Waals surface area contributed by atoms with E-state index >= 15 is 0 Å². The van der Waals surface area contributed by atoms with Crippen LogP contribution in [0.25, 0.3) is 0 Å². The number of rotatable bonds is 6. The third-order valence-corrected chi connectivity index (χ3v) is 10.8. The van der Waals surface area contributed by atoms with Gasteiger partial charge in [-0.1, -0.05) is 20.8 Å². The zero-order chi connectivity index (χ0) is 23.3. The summed E-state index contributed by atoms with van der Waals surface area (Å²) in [7, 11) is 0. The van der Waals surface area contributed by atoms with E-state index in [1.807, 2.05) is 0 Å². The van der Waals surface area contributed by atoms with Gasteiger partial charge >= 0.3 is 29.6 Å². The Morgan fingerprint density at radius 3 is 2.48 bits per heavy atom. The Kier molecular flexibility index (Phi) is 8.70. The molecule has 182 valence electrons. The molecule has 0 aromatic rings. The van der Waals surface area contributed by atoms with Crippen LogP contribution in [0.4, 0.5) is 0 Å². The van der Waals surface area contributed by atoms with E-state index in [0.29, 0.717) is 48.3 Å². The molecule has 6 nitrogen and oxygen atoms in total. The van der Waals surface area contributed by atoms with Crippen LogP contribution in [-0.2, 0) is 9.59 Å². The molecule has 3 N–H and O–H groups in total. The van der Waals surface area contributed by atoms with Crippen molar-refractivity contribution < 1.29 is 54.5 Å². The number of hydrogen-bond donors (Lipinski definition) is 3. The van der Waals surface area contributed by atoms with Gasteiger partial charge < -0.3 is 25.4 Å². The Labute approximate surface area is 221 Å². The number of carbonyl (C=O) groups excluding carboxylic acids is 2. The van der Waals surface area contributed by atoms with Gasteiger partial charge in [0.1, 0.15) is 0 Å². The Bertz CT molecular complexity index is 733. The summed E-state index contributed by atoms with van der Waals surface area (Å²) in [5, 5.41) is 34.8. The fourth-order valence-electron chi connectivity index (χ4n) is 8.98. The summed E-state index contributed by atoms with van der Waals surface area (Å²) in [6.45, 7) is 6.51. The molecule has 4 aliphatic rings. The molecule has 0 unspecified atom stereocenters. The first-order valence-corrected chi connectivity index (χ1v) is 12.9. The number of aliphatic carboxylic acids is 1. The first kappa shape index (κ1) is 27.4. The van der Waals surface area contributed by atoms with E-state index in [2.05, 4.69) is 26.1 Å². The minimum absolute atomic E-state index is 0. The molecule has 0 bridgehead atoms. The number of carboxylic acids is 1. The van der Waals surface area contributed by atoms with Gasteiger partial charge in [-0.05, 0) is 104 Å². The molecule has 7 heteroatoms. The maximum atomic E-state index is 12.0. The van der Waals surface area contributed by atoms with Gasteiger partial charge in [0.05, 0.1) is 24.7 Å². The number of carboxylic acid groups (broad SMARTS) is 1. The summed E-state index contributed by atoms with van der Waals surface area (Å²) in [4.78, 5) is 22.6. The van der Waals surface area contributed by atoms with Gasteiger partial charge in [0.15, 0.2) is 0 Å². The third-order valence-electron chi connectivity index (χ3n) is 10.8. The summed E-state index contributed by atoms with van der Waals surface area (Å²) in [5.41, 5.74) is 0.130. The topological polar surface area (TPSA) is 110 Å². The SMILES string of the molecule is C[C@H](CCC(=O)NCC(=O)[O-])[C@H]1CC[C@H]2[C@@H]3CC[C@H]4C[C@H](O)CC[C@]4(C)[C@H]3C[C@H](O)[C@]12C.[Na+]. The average Bonchev–Trinajstić information content (AvgIpc) is 3.10. The predicted octanol–water partition coefficient (Wildman–Crippen LogP) is -0.737. The second-order valence-corrected chi connectivity index (χ2v) is 12.1. The minimum Gasteiger partial charge on any atom is -0.548 e. The molecule has 0 radical (unpaired) electrons. The van der Waals surface area contributed by atoms with E-state index in [0.717, 1.165) is 38.5 Å². The normalized spacial score (nSPS) is 45.1. The predicted molar refractivity (Wildman–Crippen MR) is 119 cm³/mol. The van der Waals surface area contributed by atoms with Crippen molar-refractivity contribution in [3.05, 3.63) is 0 Å². The molecule has 0 aromatic carbocycles. The average molecular weight is 472 g/mol. The molecular weight excluding hydrogens is 429 g/mol. The molecule has 4 rings (SSSR count). The van der Waals surface area contributed by atoms with Gasteiger partial charge in [0, 0.05) is 6.42 Å². The molecule has 4 fully saturated rings. The number of nitrogens with one attached hydrogen (secondary N) is 1. The first-order valence-electron chi connectivity index (χ1n) is 12.9. The van der Waals surface area contributed by atoms with Crippen LogP contribution in [0.3, 0.4) is 0 Å². The number of hydrogen-bond acceptors (Lipinski definition) is 5. The molecule has 0 saturated heterocycles. The molecule has 10 atom stereocenters. The van der Waals surface area contributed by atoms with Gasteiger partial charge in [-0.15, -0.1) is 0 Å². The van der Waals surface area contributed by atoms with Crippen LogP contribution in [0.5, 0.6) is 0 Å². The van der Waals surface area contributed by atoms with E-state index in [-0.39, 0.29) is 58.5 Å². The van der Waals surface area contributed by atoms with Crippen LogP contribution >= 0.6 is 0 Å². The van der Waals surface area contributed by atoms with Gasteiger partial charge in [-0.2, -0.15) is 0 Å². The zero-order valence-electron chi connectivity index (χ0n) is 21.0.